The first-order valence-electron chi connectivity index (χ1n) is 6.33. The van der Waals surface area contributed by atoms with Gasteiger partial charge in [-0.2, -0.15) is 14.0 Å². The molecule has 0 bridgehead atoms. The van der Waals surface area contributed by atoms with Gasteiger partial charge in [-0.1, -0.05) is 11.6 Å². The van der Waals surface area contributed by atoms with Gasteiger partial charge in [-0.05, 0) is 42.0 Å². The van der Waals surface area contributed by atoms with Crippen molar-refractivity contribution >= 4 is 17.2 Å². The van der Waals surface area contributed by atoms with Crippen molar-refractivity contribution in [2.45, 2.75) is 18.3 Å². The van der Waals surface area contributed by atoms with E-state index in [0.717, 1.165) is 12.0 Å². The second-order valence-electron chi connectivity index (χ2n) is 4.97. The predicted molar refractivity (Wildman–Crippen MR) is 72.3 cm³/mol. The predicted octanol–water partition coefficient (Wildman–Crippen LogP) is 3.19. The molecular weight excluding hydrogens is 279 g/mol. The van der Waals surface area contributed by atoms with Crippen LogP contribution in [0.4, 0.5) is 4.39 Å². The van der Waals surface area contributed by atoms with E-state index in [2.05, 4.69) is 15.1 Å². The highest BCUT2D eigenvalue weighted by Gasteiger charge is 2.41. The average Bonchev–Trinajstić information content (AvgIpc) is 3.18. The minimum atomic E-state index is -0.495. The molecule has 3 heterocycles. The fourth-order valence-electron chi connectivity index (χ4n) is 2.72. The van der Waals surface area contributed by atoms with Crippen LogP contribution in [-0.4, -0.2) is 19.6 Å². The minimum absolute atomic E-state index is 0.282. The largest absolute Gasteiger partial charge is 0.265 e. The van der Waals surface area contributed by atoms with Crippen molar-refractivity contribution in [2.75, 3.05) is 0 Å². The Kier molecular flexibility index (Phi) is 2.50. The van der Waals surface area contributed by atoms with Crippen molar-refractivity contribution in [1.29, 1.82) is 0 Å². The molecule has 0 saturated heterocycles. The molecule has 0 unspecified atom stereocenters. The van der Waals surface area contributed by atoms with E-state index < -0.39 is 5.95 Å². The van der Waals surface area contributed by atoms with Crippen molar-refractivity contribution in [3.05, 3.63) is 59.0 Å². The van der Waals surface area contributed by atoms with Crippen LogP contribution in [-0.2, 0) is 0 Å². The van der Waals surface area contributed by atoms with Gasteiger partial charge in [0.1, 0.15) is 0 Å². The summed E-state index contributed by atoms with van der Waals surface area (Å²) in [6.45, 7) is 0. The summed E-state index contributed by atoms with van der Waals surface area (Å²) in [5.41, 5.74) is 2.74. The Bertz CT molecular complexity index is 786. The molecule has 0 spiro atoms. The van der Waals surface area contributed by atoms with E-state index in [4.69, 9.17) is 11.6 Å². The molecule has 1 saturated carbocycles. The molecule has 1 fully saturated rings. The Morgan fingerprint density at radius 3 is 2.85 bits per heavy atom. The third kappa shape index (κ3) is 1.78. The molecule has 20 heavy (non-hydrogen) atoms. The highest BCUT2D eigenvalue weighted by molar-refractivity contribution is 6.29. The van der Waals surface area contributed by atoms with E-state index >= 15 is 0 Å². The summed E-state index contributed by atoms with van der Waals surface area (Å²) in [6.07, 6.45) is 5.75. The number of hydrogen-bond acceptors (Lipinski definition) is 3. The first kappa shape index (κ1) is 11.8. The zero-order valence-electron chi connectivity index (χ0n) is 10.4. The molecule has 2 atom stereocenters. The van der Waals surface area contributed by atoms with Crippen molar-refractivity contribution in [3.63, 3.8) is 0 Å². The summed E-state index contributed by atoms with van der Waals surface area (Å²) in [7, 11) is 0. The number of rotatable bonds is 2. The monoisotopic (exact) mass is 288 g/mol. The second kappa shape index (κ2) is 4.24. The number of pyridine rings is 1. The van der Waals surface area contributed by atoms with Crippen LogP contribution in [0.2, 0.25) is 5.15 Å². The Labute approximate surface area is 119 Å². The molecule has 3 aromatic heterocycles. The summed E-state index contributed by atoms with van der Waals surface area (Å²) in [6, 6.07) is 5.81. The summed E-state index contributed by atoms with van der Waals surface area (Å²) in [5.74, 6) is 0.229. The highest BCUT2D eigenvalue weighted by Crippen LogP contribution is 2.55. The maximum absolute atomic E-state index is 13.6. The number of hydrogen-bond donors (Lipinski definition) is 0. The van der Waals surface area contributed by atoms with Crippen molar-refractivity contribution in [2.24, 2.45) is 0 Å². The SMILES string of the molecule is Fc1cnc2c([C@H]3C[C@@H]3c3ccncc3)cc(Cl)nn12. The standard InChI is InChI=1S/C14H10ClFN4/c15-12-6-11(14-18-7-13(16)20(14)19-12)10-5-9(10)8-1-3-17-4-2-8/h1-4,6-7,9-10H,5H2/t9-,10+/m1/s1. The molecule has 0 amide bonds. The van der Waals surface area contributed by atoms with Gasteiger partial charge in [-0.25, -0.2) is 4.98 Å². The van der Waals surface area contributed by atoms with Crippen LogP contribution in [0.15, 0.2) is 36.8 Å². The third-order valence-corrected chi connectivity index (χ3v) is 3.93. The molecule has 100 valence electrons. The first-order chi connectivity index (χ1) is 9.74. The molecule has 3 aromatic rings. The molecule has 0 aromatic carbocycles. The van der Waals surface area contributed by atoms with Gasteiger partial charge < -0.3 is 0 Å². The van der Waals surface area contributed by atoms with Crippen LogP contribution < -0.4 is 0 Å². The number of imidazole rings is 1. The van der Waals surface area contributed by atoms with Crippen molar-refractivity contribution < 1.29 is 4.39 Å². The Morgan fingerprint density at radius 1 is 1.25 bits per heavy atom. The quantitative estimate of drug-likeness (QED) is 0.727. The lowest BCUT2D eigenvalue weighted by Crippen LogP contribution is -1.99. The normalized spacial score (nSPS) is 21.3. The van der Waals surface area contributed by atoms with Gasteiger partial charge in [0, 0.05) is 18.0 Å². The van der Waals surface area contributed by atoms with Crippen LogP contribution in [0.3, 0.4) is 0 Å². The smallest absolute Gasteiger partial charge is 0.234 e. The molecule has 0 N–H and O–H groups in total. The number of aromatic nitrogens is 4. The van der Waals surface area contributed by atoms with E-state index in [1.807, 2.05) is 12.1 Å². The van der Waals surface area contributed by atoms with Crippen LogP contribution in [0.1, 0.15) is 29.4 Å². The van der Waals surface area contributed by atoms with E-state index in [1.165, 1.54) is 16.3 Å². The van der Waals surface area contributed by atoms with Gasteiger partial charge in [-0.15, -0.1) is 0 Å². The van der Waals surface area contributed by atoms with Gasteiger partial charge in [0.05, 0.1) is 6.20 Å². The van der Waals surface area contributed by atoms with Crippen molar-refractivity contribution in [3.8, 4) is 0 Å². The topological polar surface area (TPSA) is 43.1 Å². The van der Waals surface area contributed by atoms with Crippen LogP contribution in [0.5, 0.6) is 0 Å². The maximum Gasteiger partial charge on any atom is 0.234 e. The fourth-order valence-corrected chi connectivity index (χ4v) is 2.92. The zero-order chi connectivity index (χ0) is 13.7. The maximum atomic E-state index is 13.6. The Balaban J connectivity index is 1.77. The molecule has 0 radical (unpaired) electrons. The van der Waals surface area contributed by atoms with Gasteiger partial charge in [0.2, 0.25) is 5.95 Å². The molecule has 6 heteroatoms. The molecular formula is C14H10ClFN4. The van der Waals surface area contributed by atoms with Crippen LogP contribution >= 0.6 is 11.6 Å². The van der Waals surface area contributed by atoms with E-state index in [-0.39, 0.29) is 5.15 Å². The second-order valence-corrected chi connectivity index (χ2v) is 5.36. The molecule has 1 aliphatic carbocycles. The summed E-state index contributed by atoms with van der Waals surface area (Å²) < 4.78 is 14.7. The number of nitrogens with zero attached hydrogens (tertiary/aromatic N) is 4. The lowest BCUT2D eigenvalue weighted by atomic mass is 10.1. The van der Waals surface area contributed by atoms with Crippen molar-refractivity contribution in [1.82, 2.24) is 19.6 Å². The number of fused-ring (bicyclic) bond motifs is 1. The van der Waals surface area contributed by atoms with Gasteiger partial charge >= 0.3 is 0 Å². The van der Waals surface area contributed by atoms with E-state index in [1.54, 1.807) is 18.5 Å². The Hall–Kier alpha value is -2.01. The van der Waals surface area contributed by atoms with Crippen LogP contribution in [0.25, 0.3) is 5.65 Å². The summed E-state index contributed by atoms with van der Waals surface area (Å²) in [4.78, 5) is 8.13. The van der Waals surface area contributed by atoms with Gasteiger partial charge in [-0.3, -0.25) is 4.98 Å². The Morgan fingerprint density at radius 2 is 2.05 bits per heavy atom. The summed E-state index contributed by atoms with van der Waals surface area (Å²) >= 11 is 5.98. The molecule has 0 aliphatic heterocycles. The van der Waals surface area contributed by atoms with Gasteiger partial charge in [0.15, 0.2) is 10.8 Å². The highest BCUT2D eigenvalue weighted by atomic mass is 35.5. The number of halogens is 2. The molecule has 4 nitrogen and oxygen atoms in total. The first-order valence-corrected chi connectivity index (χ1v) is 6.71. The van der Waals surface area contributed by atoms with Gasteiger partial charge in [0.25, 0.3) is 0 Å². The molecule has 4 rings (SSSR count). The van der Waals surface area contributed by atoms with E-state index in [0.29, 0.717) is 17.5 Å². The van der Waals surface area contributed by atoms with E-state index in [9.17, 15) is 4.39 Å². The average molecular weight is 289 g/mol. The molecule has 1 aliphatic rings. The zero-order valence-corrected chi connectivity index (χ0v) is 11.1. The van der Waals surface area contributed by atoms with Crippen LogP contribution in [0, 0.1) is 5.95 Å². The lowest BCUT2D eigenvalue weighted by Gasteiger charge is -2.04. The summed E-state index contributed by atoms with van der Waals surface area (Å²) in [5, 5.41) is 4.22. The third-order valence-electron chi connectivity index (χ3n) is 3.75. The lowest BCUT2D eigenvalue weighted by molar-refractivity contribution is 0.548. The minimum Gasteiger partial charge on any atom is -0.265 e. The fraction of sp³-hybridized carbons (Fsp3) is 0.214.